The van der Waals surface area contributed by atoms with Gasteiger partial charge in [-0.25, -0.2) is 0 Å². The van der Waals surface area contributed by atoms with Crippen molar-refractivity contribution in [1.29, 1.82) is 0 Å². The number of hydrogen-bond acceptors (Lipinski definition) is 9. The fourth-order valence-corrected chi connectivity index (χ4v) is 7.20. The molecule has 2 unspecified atom stereocenters. The van der Waals surface area contributed by atoms with Crippen LogP contribution in [0.15, 0.2) is 18.2 Å². The summed E-state index contributed by atoms with van der Waals surface area (Å²) in [7, 11) is 3.07. The predicted octanol–water partition coefficient (Wildman–Crippen LogP) is 0.639. The first kappa shape index (κ1) is 27.5. The van der Waals surface area contributed by atoms with Crippen LogP contribution in [0.3, 0.4) is 0 Å². The average Bonchev–Trinajstić information content (AvgIpc) is 2.80. The highest BCUT2D eigenvalue weighted by Crippen LogP contribution is 2.61. The second-order valence-electron chi connectivity index (χ2n) is 11.4. The number of hydrogen-bond donors (Lipinski definition) is 3. The lowest BCUT2D eigenvalue weighted by Crippen LogP contribution is -2.79. The number of likely N-dealkylation sites (N-methyl/N-ethyl adjacent to an activating group) is 1. The summed E-state index contributed by atoms with van der Waals surface area (Å²) in [4.78, 5) is 80.5. The van der Waals surface area contributed by atoms with Gasteiger partial charge in [0.2, 0.25) is 5.91 Å². The van der Waals surface area contributed by atoms with Crippen LogP contribution in [0.25, 0.3) is 6.08 Å². The lowest BCUT2D eigenvalue weighted by Gasteiger charge is -2.61. The summed E-state index contributed by atoms with van der Waals surface area (Å²) in [6.45, 7) is 4.84. The van der Waals surface area contributed by atoms with Crippen LogP contribution in [-0.4, -0.2) is 75.7 Å². The molecule has 10 heteroatoms. The largest absolute Gasteiger partial charge is 0.507 e. The van der Waals surface area contributed by atoms with Gasteiger partial charge >= 0.3 is 0 Å². The van der Waals surface area contributed by atoms with Crippen molar-refractivity contribution >= 4 is 40.9 Å². The molecule has 4 N–H and O–H groups in total. The van der Waals surface area contributed by atoms with Crippen molar-refractivity contribution in [2.45, 2.75) is 51.7 Å². The summed E-state index contributed by atoms with van der Waals surface area (Å²) < 4.78 is 0. The Hall–Kier alpha value is -3.50. The Kier molecular flexibility index (Phi) is 6.36. The molecule has 0 spiro atoms. The third kappa shape index (κ3) is 3.46. The van der Waals surface area contributed by atoms with E-state index in [0.717, 1.165) is 0 Å². The molecule has 0 heterocycles. The van der Waals surface area contributed by atoms with Crippen molar-refractivity contribution in [3.05, 3.63) is 34.9 Å². The minimum atomic E-state index is -2.84. The molecule has 0 aliphatic heterocycles. The van der Waals surface area contributed by atoms with Gasteiger partial charge in [-0.1, -0.05) is 32.9 Å². The number of ketones is 5. The number of Topliss-reactive ketones (excluding diaryl/α,β-unsaturated/α-hetero) is 4. The number of phenolic OH excluding ortho intramolecular Hbond substituents is 1. The van der Waals surface area contributed by atoms with Crippen LogP contribution < -0.4 is 5.73 Å². The molecule has 0 bridgehead atoms. The number of allylic oxidation sites excluding steroid dienone is 1. The van der Waals surface area contributed by atoms with E-state index in [1.807, 2.05) is 0 Å². The quantitative estimate of drug-likeness (QED) is 0.369. The first-order valence-electron chi connectivity index (χ1n) is 12.5. The topological polar surface area (TPSA) is 172 Å². The standard InChI is InChI=1S/C28H32N2O8/c1-6-14(31)9-7-13-8-10-16(32)17-15(13)11-26(2)12-27(3)22(30(4)5)21(34)18(25(29)37)23(35)28(27,38)24(36)19(26)20(17)33/h7-10,18-19,22,32,38H,6,11-12H2,1-5H3,(H2,29,37)/t18?,19?,22-,26+,27+,28-/m1/s1. The number of rotatable bonds is 5. The van der Waals surface area contributed by atoms with Gasteiger partial charge in [0.15, 0.2) is 40.4 Å². The van der Waals surface area contributed by atoms with Gasteiger partial charge in [-0.15, -0.1) is 0 Å². The van der Waals surface area contributed by atoms with Crippen molar-refractivity contribution in [3.8, 4) is 5.75 Å². The van der Waals surface area contributed by atoms with Crippen molar-refractivity contribution in [2.24, 2.45) is 28.4 Å². The maximum absolute atomic E-state index is 14.1. The van der Waals surface area contributed by atoms with Crippen LogP contribution in [0.1, 0.15) is 55.1 Å². The second kappa shape index (κ2) is 8.78. The third-order valence-corrected chi connectivity index (χ3v) is 8.70. The van der Waals surface area contributed by atoms with Gasteiger partial charge in [0.25, 0.3) is 0 Å². The number of primary amides is 1. The highest BCUT2D eigenvalue weighted by atomic mass is 16.3. The van der Waals surface area contributed by atoms with Crippen LogP contribution in [0.5, 0.6) is 5.75 Å². The van der Waals surface area contributed by atoms with Gasteiger partial charge in [-0.2, -0.15) is 0 Å². The van der Waals surface area contributed by atoms with Crippen LogP contribution in [0, 0.1) is 22.7 Å². The lowest BCUT2D eigenvalue weighted by molar-refractivity contribution is -0.203. The molecule has 3 aliphatic rings. The molecule has 0 radical (unpaired) electrons. The summed E-state index contributed by atoms with van der Waals surface area (Å²) in [5.41, 5.74) is 0.503. The van der Waals surface area contributed by atoms with E-state index in [1.165, 1.54) is 38.1 Å². The molecule has 6 atom stereocenters. The Morgan fingerprint density at radius 2 is 1.76 bits per heavy atom. The number of amides is 1. The van der Waals surface area contributed by atoms with Crippen molar-refractivity contribution < 1.29 is 39.0 Å². The number of phenols is 1. The Morgan fingerprint density at radius 1 is 1.13 bits per heavy atom. The molecule has 2 fully saturated rings. The highest BCUT2D eigenvalue weighted by molar-refractivity contribution is 6.33. The molecule has 3 aliphatic carbocycles. The monoisotopic (exact) mass is 524 g/mol. The van der Waals surface area contributed by atoms with E-state index in [-0.39, 0.29) is 36.4 Å². The molecule has 1 amide bonds. The molecule has 202 valence electrons. The predicted molar refractivity (Wildman–Crippen MR) is 135 cm³/mol. The normalized spacial score (nSPS) is 34.8. The molecule has 0 saturated heterocycles. The van der Waals surface area contributed by atoms with E-state index >= 15 is 0 Å². The molecule has 10 nitrogen and oxygen atoms in total. The van der Waals surface area contributed by atoms with Crippen LogP contribution >= 0.6 is 0 Å². The zero-order chi connectivity index (χ0) is 28.5. The van der Waals surface area contributed by atoms with Crippen molar-refractivity contribution in [3.63, 3.8) is 0 Å². The van der Waals surface area contributed by atoms with Gasteiger partial charge in [0.05, 0.1) is 17.5 Å². The maximum Gasteiger partial charge on any atom is 0.235 e. The Bertz CT molecular complexity index is 1350. The number of carbonyl (C=O) groups is 6. The van der Waals surface area contributed by atoms with E-state index in [9.17, 15) is 39.0 Å². The molecular formula is C28H32N2O8. The first-order chi connectivity index (χ1) is 17.6. The van der Waals surface area contributed by atoms with Crippen molar-refractivity contribution in [1.82, 2.24) is 4.90 Å². The third-order valence-electron chi connectivity index (χ3n) is 8.70. The Labute approximate surface area is 219 Å². The van der Waals surface area contributed by atoms with E-state index in [2.05, 4.69) is 0 Å². The molecule has 2 saturated carbocycles. The molecule has 0 aromatic heterocycles. The molecular weight excluding hydrogens is 492 g/mol. The Morgan fingerprint density at radius 3 is 2.32 bits per heavy atom. The SMILES string of the molecule is CCC(=O)C=Cc1ccc(O)c2c1C[C@@]1(C)C[C@@]3(C)[C@H](N(C)C)C(=O)C(C(N)=O)C(=O)[C@@]3(O)C(=O)C1C2=O. The highest BCUT2D eigenvalue weighted by Gasteiger charge is 2.76. The van der Waals surface area contributed by atoms with Crippen LogP contribution in [-0.2, 0) is 30.4 Å². The van der Waals surface area contributed by atoms with E-state index < -0.39 is 63.3 Å². The second-order valence-corrected chi connectivity index (χ2v) is 11.4. The van der Waals surface area contributed by atoms with Crippen molar-refractivity contribution in [2.75, 3.05) is 14.1 Å². The maximum atomic E-state index is 14.1. The molecule has 1 aromatic carbocycles. The zero-order valence-corrected chi connectivity index (χ0v) is 22.0. The van der Waals surface area contributed by atoms with Gasteiger partial charge in [-0.05, 0) is 55.6 Å². The summed E-state index contributed by atoms with van der Waals surface area (Å²) in [5, 5.41) is 22.5. The molecule has 4 rings (SSSR count). The minimum Gasteiger partial charge on any atom is -0.507 e. The summed E-state index contributed by atoms with van der Waals surface area (Å²) in [5.74, 6) is -9.36. The molecule has 1 aromatic rings. The zero-order valence-electron chi connectivity index (χ0n) is 22.0. The number of benzene rings is 1. The fourth-order valence-electron chi connectivity index (χ4n) is 7.20. The van der Waals surface area contributed by atoms with Gasteiger partial charge < -0.3 is 15.9 Å². The van der Waals surface area contributed by atoms with Gasteiger partial charge in [-0.3, -0.25) is 33.7 Å². The Balaban J connectivity index is 1.95. The van der Waals surface area contributed by atoms with Crippen LogP contribution in [0.4, 0.5) is 0 Å². The number of nitrogens with two attached hydrogens (primary N) is 1. The van der Waals surface area contributed by atoms with E-state index in [4.69, 9.17) is 5.73 Å². The van der Waals surface area contributed by atoms with E-state index in [0.29, 0.717) is 11.1 Å². The number of nitrogens with zero attached hydrogens (tertiary/aromatic N) is 1. The first-order valence-corrected chi connectivity index (χ1v) is 12.5. The number of aromatic hydroxyl groups is 1. The summed E-state index contributed by atoms with van der Waals surface area (Å²) in [6, 6.07) is 1.63. The lowest BCUT2D eigenvalue weighted by atomic mass is 9.42. The minimum absolute atomic E-state index is 0.0896. The summed E-state index contributed by atoms with van der Waals surface area (Å²) >= 11 is 0. The smallest absolute Gasteiger partial charge is 0.235 e. The van der Waals surface area contributed by atoms with Gasteiger partial charge in [0, 0.05) is 11.8 Å². The fraction of sp³-hybridized carbons (Fsp3) is 0.500. The van der Waals surface area contributed by atoms with Crippen LogP contribution in [0.2, 0.25) is 0 Å². The number of aliphatic hydroxyl groups is 1. The molecule has 38 heavy (non-hydrogen) atoms. The number of carbonyl (C=O) groups excluding carboxylic acids is 6. The average molecular weight is 525 g/mol. The van der Waals surface area contributed by atoms with E-state index in [1.54, 1.807) is 26.0 Å². The number of fused-ring (bicyclic) bond motifs is 3. The summed E-state index contributed by atoms with van der Waals surface area (Å²) in [6.07, 6.45) is 3.20. The van der Waals surface area contributed by atoms with Gasteiger partial charge in [0.1, 0.15) is 5.75 Å².